The summed E-state index contributed by atoms with van der Waals surface area (Å²) in [6.07, 6.45) is 2.44. The summed E-state index contributed by atoms with van der Waals surface area (Å²) >= 11 is 3.33. The molecule has 0 spiro atoms. The van der Waals surface area contributed by atoms with E-state index in [1.807, 2.05) is 12.1 Å². The molecular formula is C9H10BrNO2. The number of hydrogen-bond acceptors (Lipinski definition) is 3. The average Bonchev–Trinajstić information content (AvgIpc) is 2.20. The molecule has 1 aliphatic heterocycles. The van der Waals surface area contributed by atoms with E-state index < -0.39 is 0 Å². The van der Waals surface area contributed by atoms with E-state index in [1.54, 1.807) is 6.20 Å². The molecular weight excluding hydrogens is 234 g/mol. The number of halogens is 1. The molecule has 0 unspecified atom stereocenters. The van der Waals surface area contributed by atoms with Gasteiger partial charge in [-0.1, -0.05) is 0 Å². The van der Waals surface area contributed by atoms with Gasteiger partial charge in [-0.05, 0) is 34.5 Å². The molecule has 2 heterocycles. The number of pyridine rings is 1. The van der Waals surface area contributed by atoms with Crippen LogP contribution in [0.2, 0.25) is 0 Å². The van der Waals surface area contributed by atoms with Crippen LogP contribution in [0.4, 0.5) is 0 Å². The molecule has 0 saturated carbocycles. The minimum absolute atomic E-state index is 0.276. The van der Waals surface area contributed by atoms with Gasteiger partial charge in [0, 0.05) is 10.7 Å². The molecule has 1 aromatic rings. The lowest BCUT2D eigenvalue weighted by molar-refractivity contribution is -0.185. The molecule has 2 rings (SSSR count). The molecule has 0 atom stereocenters. The van der Waals surface area contributed by atoms with E-state index in [-0.39, 0.29) is 6.29 Å². The van der Waals surface area contributed by atoms with E-state index in [2.05, 4.69) is 20.9 Å². The zero-order valence-electron chi connectivity index (χ0n) is 7.07. The van der Waals surface area contributed by atoms with Crippen molar-refractivity contribution in [3.05, 3.63) is 28.5 Å². The van der Waals surface area contributed by atoms with E-state index in [0.29, 0.717) is 0 Å². The summed E-state index contributed by atoms with van der Waals surface area (Å²) in [6.45, 7) is 1.50. The molecule has 0 bridgehead atoms. The van der Waals surface area contributed by atoms with Gasteiger partial charge in [-0.25, -0.2) is 0 Å². The Labute approximate surface area is 85.2 Å². The van der Waals surface area contributed by atoms with Gasteiger partial charge >= 0.3 is 0 Å². The molecule has 1 saturated heterocycles. The van der Waals surface area contributed by atoms with Crippen LogP contribution in [0.1, 0.15) is 18.4 Å². The maximum atomic E-state index is 5.40. The van der Waals surface area contributed by atoms with E-state index in [9.17, 15) is 0 Å². The molecule has 70 valence electrons. The highest BCUT2D eigenvalue weighted by Crippen LogP contribution is 2.21. The van der Waals surface area contributed by atoms with Gasteiger partial charge < -0.3 is 9.47 Å². The van der Waals surface area contributed by atoms with Crippen LogP contribution in [0.3, 0.4) is 0 Å². The van der Waals surface area contributed by atoms with Crippen molar-refractivity contribution in [3.8, 4) is 0 Å². The average molecular weight is 244 g/mol. The summed E-state index contributed by atoms with van der Waals surface area (Å²) in [5.74, 6) is 0. The van der Waals surface area contributed by atoms with Crippen molar-refractivity contribution in [1.82, 2.24) is 4.98 Å². The number of rotatable bonds is 1. The minimum atomic E-state index is -0.276. The largest absolute Gasteiger partial charge is 0.347 e. The van der Waals surface area contributed by atoms with Crippen LogP contribution in [0, 0.1) is 0 Å². The molecule has 3 nitrogen and oxygen atoms in total. The standard InChI is InChI=1S/C9H10BrNO2/c10-7-2-3-8(11-6-7)9-12-4-1-5-13-9/h2-3,6,9H,1,4-5H2. The predicted molar refractivity (Wildman–Crippen MR) is 51.2 cm³/mol. The second-order valence-corrected chi connectivity index (χ2v) is 3.74. The first-order valence-corrected chi connectivity index (χ1v) is 5.00. The fraction of sp³-hybridized carbons (Fsp3) is 0.444. The highest BCUT2D eigenvalue weighted by atomic mass is 79.9. The first-order valence-electron chi connectivity index (χ1n) is 4.21. The Morgan fingerprint density at radius 3 is 2.69 bits per heavy atom. The summed E-state index contributed by atoms with van der Waals surface area (Å²) in [4.78, 5) is 4.21. The Morgan fingerprint density at radius 2 is 2.08 bits per heavy atom. The third-order valence-electron chi connectivity index (χ3n) is 1.82. The van der Waals surface area contributed by atoms with Crippen molar-refractivity contribution in [3.63, 3.8) is 0 Å². The third kappa shape index (κ3) is 2.27. The zero-order valence-corrected chi connectivity index (χ0v) is 8.66. The topological polar surface area (TPSA) is 31.4 Å². The smallest absolute Gasteiger partial charge is 0.201 e. The number of ether oxygens (including phenoxy) is 2. The van der Waals surface area contributed by atoms with Crippen molar-refractivity contribution in [2.75, 3.05) is 13.2 Å². The SMILES string of the molecule is Brc1ccc(C2OCCCO2)nc1. The zero-order chi connectivity index (χ0) is 9.10. The molecule has 0 amide bonds. The van der Waals surface area contributed by atoms with Gasteiger partial charge in [0.1, 0.15) is 0 Å². The molecule has 1 aromatic heterocycles. The lowest BCUT2D eigenvalue weighted by atomic mass is 10.3. The van der Waals surface area contributed by atoms with E-state index in [4.69, 9.17) is 9.47 Å². The Bertz CT molecular complexity index is 269. The van der Waals surface area contributed by atoms with E-state index in [1.165, 1.54) is 0 Å². The number of nitrogens with zero attached hydrogens (tertiary/aromatic N) is 1. The summed E-state index contributed by atoms with van der Waals surface area (Å²) < 4.78 is 11.8. The van der Waals surface area contributed by atoms with Gasteiger partial charge in [0.2, 0.25) is 6.29 Å². The molecule has 0 aromatic carbocycles. The van der Waals surface area contributed by atoms with Crippen molar-refractivity contribution < 1.29 is 9.47 Å². The highest BCUT2D eigenvalue weighted by molar-refractivity contribution is 9.10. The Hall–Kier alpha value is -0.450. The summed E-state index contributed by atoms with van der Waals surface area (Å²) in [5, 5.41) is 0. The fourth-order valence-corrected chi connectivity index (χ4v) is 1.42. The normalized spacial score (nSPS) is 18.8. The van der Waals surface area contributed by atoms with Crippen molar-refractivity contribution in [2.24, 2.45) is 0 Å². The van der Waals surface area contributed by atoms with Crippen LogP contribution in [-0.4, -0.2) is 18.2 Å². The van der Waals surface area contributed by atoms with Crippen molar-refractivity contribution in [1.29, 1.82) is 0 Å². The Kier molecular flexibility index (Phi) is 2.93. The molecule has 1 aliphatic rings. The molecule has 0 radical (unpaired) electrons. The molecule has 0 N–H and O–H groups in total. The van der Waals surface area contributed by atoms with Crippen LogP contribution in [0.5, 0.6) is 0 Å². The lowest BCUT2D eigenvalue weighted by Crippen LogP contribution is -2.18. The minimum Gasteiger partial charge on any atom is -0.347 e. The molecule has 0 aliphatic carbocycles. The third-order valence-corrected chi connectivity index (χ3v) is 2.29. The summed E-state index contributed by atoms with van der Waals surface area (Å²) in [7, 11) is 0. The summed E-state index contributed by atoms with van der Waals surface area (Å²) in [6, 6.07) is 3.84. The highest BCUT2D eigenvalue weighted by Gasteiger charge is 2.17. The van der Waals surface area contributed by atoms with Gasteiger partial charge in [-0.15, -0.1) is 0 Å². The number of aromatic nitrogens is 1. The van der Waals surface area contributed by atoms with Crippen molar-refractivity contribution >= 4 is 15.9 Å². The van der Waals surface area contributed by atoms with Crippen LogP contribution in [-0.2, 0) is 9.47 Å². The Morgan fingerprint density at radius 1 is 1.31 bits per heavy atom. The van der Waals surface area contributed by atoms with Crippen LogP contribution in [0.15, 0.2) is 22.8 Å². The predicted octanol–water partition coefficient (Wildman–Crippen LogP) is 2.28. The van der Waals surface area contributed by atoms with E-state index in [0.717, 1.165) is 29.8 Å². The molecule has 13 heavy (non-hydrogen) atoms. The fourth-order valence-electron chi connectivity index (χ4n) is 1.19. The quantitative estimate of drug-likeness (QED) is 0.759. The molecule has 1 fully saturated rings. The second-order valence-electron chi connectivity index (χ2n) is 2.83. The second kappa shape index (κ2) is 4.17. The maximum Gasteiger partial charge on any atom is 0.201 e. The first-order chi connectivity index (χ1) is 6.36. The van der Waals surface area contributed by atoms with Crippen LogP contribution >= 0.6 is 15.9 Å². The molecule has 4 heteroatoms. The monoisotopic (exact) mass is 243 g/mol. The Balaban J connectivity index is 2.10. The number of hydrogen-bond donors (Lipinski definition) is 0. The van der Waals surface area contributed by atoms with Gasteiger partial charge in [0.25, 0.3) is 0 Å². The maximum absolute atomic E-state index is 5.40. The van der Waals surface area contributed by atoms with Crippen LogP contribution in [0.25, 0.3) is 0 Å². The van der Waals surface area contributed by atoms with Crippen LogP contribution < -0.4 is 0 Å². The van der Waals surface area contributed by atoms with E-state index >= 15 is 0 Å². The van der Waals surface area contributed by atoms with Gasteiger partial charge in [-0.2, -0.15) is 0 Å². The first kappa shape index (κ1) is 9.12. The van der Waals surface area contributed by atoms with Gasteiger partial charge in [0.15, 0.2) is 0 Å². The van der Waals surface area contributed by atoms with Crippen molar-refractivity contribution in [2.45, 2.75) is 12.7 Å². The summed E-state index contributed by atoms with van der Waals surface area (Å²) in [5.41, 5.74) is 0.836. The van der Waals surface area contributed by atoms with Gasteiger partial charge in [0.05, 0.1) is 18.9 Å². The van der Waals surface area contributed by atoms with Gasteiger partial charge in [-0.3, -0.25) is 4.98 Å². The lowest BCUT2D eigenvalue weighted by Gasteiger charge is -2.22.